The van der Waals surface area contributed by atoms with Crippen molar-refractivity contribution in [1.82, 2.24) is 0 Å². The Balaban J connectivity index is 0. The highest BCUT2D eigenvalue weighted by Gasteiger charge is 1.90. The van der Waals surface area contributed by atoms with Crippen LogP contribution in [0.2, 0.25) is 0 Å². The zero-order chi connectivity index (χ0) is 5.21. The molecular formula is C3H11NO2S. The summed E-state index contributed by atoms with van der Waals surface area (Å²) in [7, 11) is -3.16. The fraction of sp³-hybridized carbons (Fsp3) is 1.00. The van der Waals surface area contributed by atoms with Crippen LogP contribution in [0.4, 0.5) is 0 Å². The average Bonchev–Trinajstić information content (AvgIpc) is 1.35. The van der Waals surface area contributed by atoms with Crippen molar-refractivity contribution in [3.63, 3.8) is 0 Å². The van der Waals surface area contributed by atoms with Gasteiger partial charge in [-0.3, -0.25) is 0 Å². The molecule has 7 heavy (non-hydrogen) atoms. The predicted octanol–water partition coefficient (Wildman–Crippen LogP) is -0.0691. The number of hydrogen-bond donors (Lipinski definition) is 1. The van der Waals surface area contributed by atoms with Gasteiger partial charge in [-0.15, -0.1) is 0 Å². The summed E-state index contributed by atoms with van der Waals surface area (Å²) in [4.78, 5) is 0. The highest BCUT2D eigenvalue weighted by molar-refractivity contribution is 7.89. The van der Waals surface area contributed by atoms with Gasteiger partial charge in [0.15, 0.2) is 0 Å². The average molecular weight is 125 g/mol. The topological polar surface area (TPSA) is 60.2 Å². The first kappa shape index (κ1) is 10.0. The summed E-state index contributed by atoms with van der Waals surface area (Å²) in [6.45, 7) is 1.50. The molecule has 0 aromatic heterocycles. The number of primary sulfonamides is 1. The van der Waals surface area contributed by atoms with Crippen LogP contribution in [-0.4, -0.2) is 14.2 Å². The minimum Gasteiger partial charge on any atom is -0.229 e. The molecule has 0 heterocycles. The first-order valence-electron chi connectivity index (χ1n) is 1.56. The van der Waals surface area contributed by atoms with Crippen molar-refractivity contribution in [2.24, 2.45) is 5.14 Å². The Morgan fingerprint density at radius 1 is 1.57 bits per heavy atom. The van der Waals surface area contributed by atoms with Crippen LogP contribution in [0.25, 0.3) is 0 Å². The van der Waals surface area contributed by atoms with Crippen LogP contribution in [0, 0.1) is 0 Å². The Morgan fingerprint density at radius 2 is 1.71 bits per heavy atom. The van der Waals surface area contributed by atoms with Crippen molar-refractivity contribution < 1.29 is 8.42 Å². The van der Waals surface area contributed by atoms with E-state index in [1.807, 2.05) is 0 Å². The van der Waals surface area contributed by atoms with Gasteiger partial charge in [0.05, 0.1) is 5.75 Å². The second kappa shape index (κ2) is 2.98. The zero-order valence-electron chi connectivity index (χ0n) is 3.51. The molecule has 0 rings (SSSR count). The molecule has 0 unspecified atom stereocenters. The molecule has 0 aliphatic rings. The van der Waals surface area contributed by atoms with Crippen molar-refractivity contribution in [2.45, 2.75) is 14.4 Å². The lowest BCUT2D eigenvalue weighted by molar-refractivity contribution is 0.599. The standard InChI is InChI=1S/C2H7NO2S.CH4/c1-2-6(3,4)5;/h2H2,1H3,(H2,3,4,5);1H4. The molecule has 0 spiro atoms. The van der Waals surface area contributed by atoms with E-state index in [0.29, 0.717) is 0 Å². The van der Waals surface area contributed by atoms with Gasteiger partial charge in [0.1, 0.15) is 0 Å². The SMILES string of the molecule is C.CCS(N)(=O)=O. The van der Waals surface area contributed by atoms with E-state index < -0.39 is 10.0 Å². The molecule has 0 radical (unpaired) electrons. The fourth-order valence-electron chi connectivity index (χ4n) is 0. The van der Waals surface area contributed by atoms with Gasteiger partial charge >= 0.3 is 0 Å². The highest BCUT2D eigenvalue weighted by atomic mass is 32.2. The fourth-order valence-corrected chi connectivity index (χ4v) is 0. The molecule has 46 valence electrons. The van der Waals surface area contributed by atoms with Crippen molar-refractivity contribution in [3.05, 3.63) is 0 Å². The summed E-state index contributed by atoms with van der Waals surface area (Å²) in [6.07, 6.45) is 0. The van der Waals surface area contributed by atoms with Gasteiger partial charge < -0.3 is 0 Å². The number of nitrogens with two attached hydrogens (primary N) is 1. The smallest absolute Gasteiger partial charge is 0.208 e. The van der Waals surface area contributed by atoms with Gasteiger partial charge in [-0.25, -0.2) is 13.6 Å². The Hall–Kier alpha value is -0.0900. The van der Waals surface area contributed by atoms with Crippen LogP contribution >= 0.6 is 0 Å². The molecule has 0 saturated heterocycles. The molecule has 4 heteroatoms. The van der Waals surface area contributed by atoms with E-state index in [1.54, 1.807) is 0 Å². The third-order valence-electron chi connectivity index (χ3n) is 0.402. The molecule has 0 bridgehead atoms. The van der Waals surface area contributed by atoms with Gasteiger partial charge in [-0.2, -0.15) is 0 Å². The summed E-state index contributed by atoms with van der Waals surface area (Å²) in [5.74, 6) is 0.0208. The molecule has 0 aliphatic carbocycles. The van der Waals surface area contributed by atoms with Crippen molar-refractivity contribution >= 4 is 10.0 Å². The summed E-state index contributed by atoms with van der Waals surface area (Å²) in [5.41, 5.74) is 0. The molecule has 0 atom stereocenters. The first-order valence-corrected chi connectivity index (χ1v) is 3.28. The summed E-state index contributed by atoms with van der Waals surface area (Å²) >= 11 is 0. The molecule has 0 amide bonds. The van der Waals surface area contributed by atoms with Gasteiger partial charge in [-0.1, -0.05) is 7.43 Å². The maximum absolute atomic E-state index is 9.78. The molecule has 3 nitrogen and oxygen atoms in total. The van der Waals surface area contributed by atoms with Crippen LogP contribution in [0.5, 0.6) is 0 Å². The van der Waals surface area contributed by atoms with E-state index in [0.717, 1.165) is 0 Å². The van der Waals surface area contributed by atoms with Crippen LogP contribution in [0.3, 0.4) is 0 Å². The highest BCUT2D eigenvalue weighted by Crippen LogP contribution is 1.68. The lowest BCUT2D eigenvalue weighted by Gasteiger charge is -1.81. The number of sulfonamides is 1. The van der Waals surface area contributed by atoms with Gasteiger partial charge in [0, 0.05) is 0 Å². The number of rotatable bonds is 1. The molecule has 0 aromatic carbocycles. The minimum atomic E-state index is -3.16. The maximum Gasteiger partial charge on any atom is 0.208 e. The first-order chi connectivity index (χ1) is 2.56. The van der Waals surface area contributed by atoms with E-state index in [1.165, 1.54) is 6.92 Å². The Bertz CT molecular complexity index is 115. The van der Waals surface area contributed by atoms with Crippen LogP contribution in [-0.2, 0) is 10.0 Å². The number of hydrogen-bond acceptors (Lipinski definition) is 2. The molecule has 0 aliphatic heterocycles. The normalized spacial score (nSPS) is 10.0. The lowest BCUT2D eigenvalue weighted by Crippen LogP contribution is -2.13. The van der Waals surface area contributed by atoms with Crippen molar-refractivity contribution in [2.75, 3.05) is 5.75 Å². The summed E-state index contributed by atoms with van der Waals surface area (Å²) in [5, 5.41) is 4.51. The Morgan fingerprint density at radius 3 is 1.71 bits per heavy atom. The quantitative estimate of drug-likeness (QED) is 0.533. The van der Waals surface area contributed by atoms with Gasteiger partial charge in [-0.05, 0) is 6.92 Å². The Labute approximate surface area is 44.6 Å². The monoisotopic (exact) mass is 125 g/mol. The molecular weight excluding hydrogens is 114 g/mol. The van der Waals surface area contributed by atoms with Crippen molar-refractivity contribution in [1.29, 1.82) is 0 Å². The van der Waals surface area contributed by atoms with Crippen LogP contribution in [0.1, 0.15) is 14.4 Å². The molecule has 0 fully saturated rings. The Kier molecular flexibility index (Phi) is 4.27. The summed E-state index contributed by atoms with van der Waals surface area (Å²) in [6, 6.07) is 0. The van der Waals surface area contributed by atoms with E-state index in [4.69, 9.17) is 0 Å². The van der Waals surface area contributed by atoms with E-state index in [2.05, 4.69) is 5.14 Å². The van der Waals surface area contributed by atoms with E-state index in [-0.39, 0.29) is 13.2 Å². The minimum absolute atomic E-state index is 0. The zero-order valence-corrected chi connectivity index (χ0v) is 4.33. The van der Waals surface area contributed by atoms with Crippen molar-refractivity contribution in [3.8, 4) is 0 Å². The van der Waals surface area contributed by atoms with Crippen LogP contribution in [0.15, 0.2) is 0 Å². The van der Waals surface area contributed by atoms with Gasteiger partial charge in [0.2, 0.25) is 10.0 Å². The largest absolute Gasteiger partial charge is 0.229 e. The molecule has 0 aromatic rings. The van der Waals surface area contributed by atoms with E-state index in [9.17, 15) is 8.42 Å². The van der Waals surface area contributed by atoms with Crippen LogP contribution < -0.4 is 5.14 Å². The van der Waals surface area contributed by atoms with E-state index >= 15 is 0 Å². The third kappa shape index (κ3) is 10.7. The summed E-state index contributed by atoms with van der Waals surface area (Å²) < 4.78 is 19.6. The van der Waals surface area contributed by atoms with Gasteiger partial charge in [0.25, 0.3) is 0 Å². The maximum atomic E-state index is 9.78. The molecule has 2 N–H and O–H groups in total. The predicted molar refractivity (Wildman–Crippen MR) is 30.4 cm³/mol. The second-order valence-electron chi connectivity index (χ2n) is 0.952. The lowest BCUT2D eigenvalue weighted by atomic mass is 11.0. The third-order valence-corrected chi connectivity index (χ3v) is 1.21. The second-order valence-corrected chi connectivity index (χ2v) is 2.85. The molecule has 0 saturated carbocycles.